The van der Waals surface area contributed by atoms with Crippen LogP contribution in [-0.2, 0) is 0 Å². The van der Waals surface area contributed by atoms with Crippen molar-refractivity contribution in [1.82, 2.24) is 29.5 Å². The molecule has 0 unspecified atom stereocenters. The zero-order valence-electron chi connectivity index (χ0n) is 17.7. The van der Waals surface area contributed by atoms with Crippen molar-refractivity contribution < 1.29 is 4.79 Å². The molecular formula is C22H24ClN7O. The van der Waals surface area contributed by atoms with Gasteiger partial charge in [0.15, 0.2) is 5.65 Å². The standard InChI is InChI=1S/C22H24ClN7O/c1-12(2)29-11-17(15-7-13(23)9-25-20(15)29)18-8-19(24-3)30-21(28-18)16(10-26-30)22(31)27-14-5-4-6-14/h7-12,14,24H,4-6H2,1-3H3,(H,27,31). The highest BCUT2D eigenvalue weighted by molar-refractivity contribution is 6.31. The molecule has 160 valence electrons. The lowest BCUT2D eigenvalue weighted by Gasteiger charge is -2.26. The monoisotopic (exact) mass is 437 g/mol. The normalized spacial score (nSPS) is 14.4. The summed E-state index contributed by atoms with van der Waals surface area (Å²) in [5, 5.41) is 12.1. The highest BCUT2D eigenvalue weighted by atomic mass is 35.5. The van der Waals surface area contributed by atoms with E-state index in [1.165, 1.54) is 0 Å². The molecule has 1 fully saturated rings. The van der Waals surface area contributed by atoms with Crippen molar-refractivity contribution in [1.29, 1.82) is 0 Å². The molecule has 0 bridgehead atoms. The van der Waals surface area contributed by atoms with Gasteiger partial charge in [0.1, 0.15) is 17.0 Å². The first-order chi connectivity index (χ1) is 15.0. The van der Waals surface area contributed by atoms with Gasteiger partial charge in [0, 0.05) is 48.5 Å². The van der Waals surface area contributed by atoms with Crippen LogP contribution in [0, 0.1) is 0 Å². The van der Waals surface area contributed by atoms with Crippen molar-refractivity contribution in [2.24, 2.45) is 0 Å². The van der Waals surface area contributed by atoms with Crippen LogP contribution >= 0.6 is 11.6 Å². The van der Waals surface area contributed by atoms with E-state index in [0.717, 1.165) is 47.4 Å². The van der Waals surface area contributed by atoms with Gasteiger partial charge in [0.05, 0.1) is 16.9 Å². The first-order valence-corrected chi connectivity index (χ1v) is 10.9. The lowest BCUT2D eigenvalue weighted by molar-refractivity contribution is 0.0918. The molecular weight excluding hydrogens is 414 g/mol. The number of aromatic nitrogens is 5. The van der Waals surface area contributed by atoms with Crippen LogP contribution in [0.2, 0.25) is 5.02 Å². The SMILES string of the molecule is CNc1cc(-c2cn(C(C)C)c3ncc(Cl)cc23)nc2c(C(=O)NC3CCC3)cnn12. The van der Waals surface area contributed by atoms with Gasteiger partial charge in [0.2, 0.25) is 0 Å². The topological polar surface area (TPSA) is 89.1 Å². The smallest absolute Gasteiger partial charge is 0.256 e. The molecule has 0 atom stereocenters. The number of fused-ring (bicyclic) bond motifs is 2. The summed E-state index contributed by atoms with van der Waals surface area (Å²) in [5.74, 6) is 0.601. The molecule has 9 heteroatoms. The third-order valence-electron chi connectivity index (χ3n) is 5.88. The van der Waals surface area contributed by atoms with E-state index in [4.69, 9.17) is 16.6 Å². The third-order valence-corrected chi connectivity index (χ3v) is 6.09. The maximum atomic E-state index is 12.9. The van der Waals surface area contributed by atoms with Crippen LogP contribution in [0.4, 0.5) is 5.82 Å². The van der Waals surface area contributed by atoms with Crippen LogP contribution in [0.25, 0.3) is 27.9 Å². The minimum atomic E-state index is -0.138. The number of nitrogens with zero attached hydrogens (tertiary/aromatic N) is 5. The lowest BCUT2D eigenvalue weighted by atomic mass is 9.93. The predicted octanol–water partition coefficient (Wildman–Crippen LogP) is 4.30. The van der Waals surface area contributed by atoms with Gasteiger partial charge in [-0.1, -0.05) is 11.6 Å². The second kappa shape index (κ2) is 7.53. The minimum Gasteiger partial charge on any atom is -0.373 e. The van der Waals surface area contributed by atoms with E-state index in [1.807, 2.05) is 25.4 Å². The summed E-state index contributed by atoms with van der Waals surface area (Å²) in [7, 11) is 1.82. The molecule has 0 aromatic carbocycles. The number of halogens is 1. The summed E-state index contributed by atoms with van der Waals surface area (Å²) in [6.07, 6.45) is 8.48. The maximum Gasteiger partial charge on any atom is 0.256 e. The number of amides is 1. The van der Waals surface area contributed by atoms with Gasteiger partial charge in [-0.2, -0.15) is 9.61 Å². The Morgan fingerprint density at radius 1 is 1.23 bits per heavy atom. The van der Waals surface area contributed by atoms with E-state index in [2.05, 4.69) is 39.1 Å². The molecule has 8 nitrogen and oxygen atoms in total. The minimum absolute atomic E-state index is 0.138. The number of nitrogens with one attached hydrogen (secondary N) is 2. The molecule has 1 aliphatic carbocycles. The first kappa shape index (κ1) is 19.8. The largest absolute Gasteiger partial charge is 0.373 e. The molecule has 5 rings (SSSR count). The van der Waals surface area contributed by atoms with E-state index in [-0.39, 0.29) is 18.0 Å². The van der Waals surface area contributed by atoms with Crippen molar-refractivity contribution in [2.75, 3.05) is 12.4 Å². The molecule has 1 aliphatic rings. The number of hydrogen-bond acceptors (Lipinski definition) is 5. The summed E-state index contributed by atoms with van der Waals surface area (Å²) in [5.41, 5.74) is 3.46. The van der Waals surface area contributed by atoms with Gasteiger partial charge in [-0.05, 0) is 39.2 Å². The fraction of sp³-hybridized carbons (Fsp3) is 0.364. The first-order valence-electron chi connectivity index (χ1n) is 10.5. The average molecular weight is 438 g/mol. The molecule has 4 heterocycles. The Kier molecular flexibility index (Phi) is 4.81. The van der Waals surface area contributed by atoms with Crippen LogP contribution in [0.5, 0.6) is 0 Å². The summed E-state index contributed by atoms with van der Waals surface area (Å²) < 4.78 is 3.76. The molecule has 2 N–H and O–H groups in total. The molecule has 1 saturated carbocycles. The predicted molar refractivity (Wildman–Crippen MR) is 122 cm³/mol. The Bertz CT molecular complexity index is 1300. The van der Waals surface area contributed by atoms with Gasteiger partial charge in [0.25, 0.3) is 5.91 Å². The van der Waals surface area contributed by atoms with Crippen molar-refractivity contribution in [3.63, 3.8) is 0 Å². The van der Waals surface area contributed by atoms with E-state index < -0.39 is 0 Å². The Morgan fingerprint density at radius 3 is 2.71 bits per heavy atom. The number of hydrogen-bond donors (Lipinski definition) is 2. The van der Waals surface area contributed by atoms with Crippen LogP contribution in [0.1, 0.15) is 49.5 Å². The Morgan fingerprint density at radius 2 is 2.03 bits per heavy atom. The summed E-state index contributed by atoms with van der Waals surface area (Å²) >= 11 is 6.27. The Hall–Kier alpha value is -3.13. The number of carbonyl (C=O) groups excluding carboxylic acids is 1. The second-order valence-electron chi connectivity index (χ2n) is 8.24. The van der Waals surface area contributed by atoms with E-state index in [0.29, 0.717) is 16.2 Å². The van der Waals surface area contributed by atoms with Gasteiger partial charge >= 0.3 is 0 Å². The van der Waals surface area contributed by atoms with Crippen LogP contribution in [0.15, 0.2) is 30.7 Å². The molecule has 1 amide bonds. The van der Waals surface area contributed by atoms with Crippen molar-refractivity contribution in [3.8, 4) is 11.3 Å². The number of anilines is 1. The number of rotatable bonds is 5. The molecule has 4 aromatic rings. The van der Waals surface area contributed by atoms with Crippen LogP contribution in [0.3, 0.4) is 0 Å². The number of pyridine rings is 1. The number of carbonyl (C=O) groups is 1. The van der Waals surface area contributed by atoms with Gasteiger partial charge < -0.3 is 15.2 Å². The van der Waals surface area contributed by atoms with Crippen molar-refractivity contribution in [2.45, 2.75) is 45.2 Å². The quantitative estimate of drug-likeness (QED) is 0.485. The van der Waals surface area contributed by atoms with Crippen molar-refractivity contribution >= 4 is 40.0 Å². The molecule has 0 spiro atoms. The molecule has 0 aliphatic heterocycles. The van der Waals surface area contributed by atoms with E-state index in [1.54, 1.807) is 16.9 Å². The summed E-state index contributed by atoms with van der Waals surface area (Å²) in [6.45, 7) is 4.21. The Balaban J connectivity index is 1.69. The zero-order valence-corrected chi connectivity index (χ0v) is 18.4. The lowest BCUT2D eigenvalue weighted by Crippen LogP contribution is -2.39. The van der Waals surface area contributed by atoms with E-state index in [9.17, 15) is 4.79 Å². The van der Waals surface area contributed by atoms with Gasteiger partial charge in [-0.15, -0.1) is 0 Å². The van der Waals surface area contributed by atoms with Crippen LogP contribution < -0.4 is 10.6 Å². The second-order valence-corrected chi connectivity index (χ2v) is 8.68. The van der Waals surface area contributed by atoms with Gasteiger partial charge in [-0.3, -0.25) is 4.79 Å². The fourth-order valence-corrected chi connectivity index (χ4v) is 4.12. The maximum absolute atomic E-state index is 12.9. The van der Waals surface area contributed by atoms with Gasteiger partial charge in [-0.25, -0.2) is 9.97 Å². The highest BCUT2D eigenvalue weighted by Gasteiger charge is 2.24. The summed E-state index contributed by atoms with van der Waals surface area (Å²) in [4.78, 5) is 22.3. The van der Waals surface area contributed by atoms with Crippen LogP contribution in [-0.4, -0.2) is 43.1 Å². The fourth-order valence-electron chi connectivity index (χ4n) is 3.96. The molecule has 31 heavy (non-hydrogen) atoms. The molecule has 4 aromatic heterocycles. The Labute approximate surface area is 184 Å². The zero-order chi connectivity index (χ0) is 21.7. The highest BCUT2D eigenvalue weighted by Crippen LogP contribution is 2.34. The summed E-state index contributed by atoms with van der Waals surface area (Å²) in [6, 6.07) is 4.29. The molecule has 0 radical (unpaired) electrons. The van der Waals surface area contributed by atoms with E-state index >= 15 is 0 Å². The average Bonchev–Trinajstić information content (AvgIpc) is 3.31. The van der Waals surface area contributed by atoms with Crippen molar-refractivity contribution in [3.05, 3.63) is 41.3 Å². The third kappa shape index (κ3) is 3.31. The molecule has 0 saturated heterocycles.